The van der Waals surface area contributed by atoms with Crippen LogP contribution in [0.4, 0.5) is 4.39 Å². The Kier molecular flexibility index (Phi) is 6.17. The molecule has 1 saturated heterocycles. The van der Waals surface area contributed by atoms with Gasteiger partial charge in [-0.15, -0.1) is 12.4 Å². The smallest absolute Gasteiger partial charge is 0.223 e. The molecule has 21 heavy (non-hydrogen) atoms. The molecular weight excluding hydrogens is 291 g/mol. The maximum Gasteiger partial charge on any atom is 0.223 e. The molecule has 0 radical (unpaired) electrons. The number of amides is 1. The van der Waals surface area contributed by atoms with Gasteiger partial charge in [-0.3, -0.25) is 4.79 Å². The van der Waals surface area contributed by atoms with E-state index in [4.69, 9.17) is 5.73 Å². The minimum atomic E-state index is -0.235. The molecule has 0 aromatic heterocycles. The van der Waals surface area contributed by atoms with E-state index >= 15 is 0 Å². The summed E-state index contributed by atoms with van der Waals surface area (Å²) in [6.45, 7) is 6.08. The summed E-state index contributed by atoms with van der Waals surface area (Å²) in [5, 5.41) is 0. The van der Waals surface area contributed by atoms with Gasteiger partial charge in [-0.1, -0.05) is 32.0 Å². The van der Waals surface area contributed by atoms with Crippen molar-refractivity contribution in [3.8, 4) is 0 Å². The number of carbonyl (C=O) groups is 1. The summed E-state index contributed by atoms with van der Waals surface area (Å²) >= 11 is 0. The summed E-state index contributed by atoms with van der Waals surface area (Å²) < 4.78 is 13.7. The number of benzene rings is 1. The Labute approximate surface area is 132 Å². The molecule has 1 aliphatic rings. The first-order valence-corrected chi connectivity index (χ1v) is 7.17. The first-order chi connectivity index (χ1) is 9.45. The Bertz CT molecular complexity index is 497. The van der Waals surface area contributed by atoms with Crippen molar-refractivity contribution in [1.82, 2.24) is 4.90 Å². The van der Waals surface area contributed by atoms with Gasteiger partial charge in [-0.05, 0) is 35.9 Å². The topological polar surface area (TPSA) is 46.3 Å². The lowest BCUT2D eigenvalue weighted by Crippen LogP contribution is -2.34. The van der Waals surface area contributed by atoms with E-state index in [2.05, 4.69) is 6.92 Å². The van der Waals surface area contributed by atoms with Crippen LogP contribution in [0.5, 0.6) is 0 Å². The second-order valence-electron chi connectivity index (χ2n) is 6.21. The maximum absolute atomic E-state index is 13.7. The molecule has 1 aliphatic heterocycles. The second-order valence-corrected chi connectivity index (χ2v) is 6.21. The van der Waals surface area contributed by atoms with Gasteiger partial charge in [0, 0.05) is 19.5 Å². The van der Waals surface area contributed by atoms with Crippen molar-refractivity contribution in [3.63, 3.8) is 0 Å². The van der Waals surface area contributed by atoms with Crippen LogP contribution in [0, 0.1) is 11.2 Å². The number of hydrogen-bond donors (Lipinski definition) is 1. The highest BCUT2D eigenvalue weighted by atomic mass is 35.5. The predicted octanol–water partition coefficient (Wildman–Crippen LogP) is 2.94. The number of nitrogens with two attached hydrogens (primary N) is 1. The monoisotopic (exact) mass is 314 g/mol. The molecule has 5 heteroatoms. The number of hydrogen-bond acceptors (Lipinski definition) is 2. The molecule has 1 heterocycles. The average molecular weight is 315 g/mol. The van der Waals surface area contributed by atoms with E-state index in [0.717, 1.165) is 13.0 Å². The predicted molar refractivity (Wildman–Crippen MR) is 85.0 cm³/mol. The minimum absolute atomic E-state index is 0. The number of likely N-dealkylation sites (tertiary alicyclic amines) is 1. The van der Waals surface area contributed by atoms with Gasteiger partial charge in [0.2, 0.25) is 5.91 Å². The van der Waals surface area contributed by atoms with Crippen LogP contribution in [-0.4, -0.2) is 30.4 Å². The normalized spacial score (nSPS) is 22.8. The SMILES string of the molecule is CC(CC(=O)N1CCC(C)(CN)C1)c1ccccc1F.Cl. The zero-order valence-electron chi connectivity index (χ0n) is 12.6. The summed E-state index contributed by atoms with van der Waals surface area (Å²) in [5.41, 5.74) is 6.41. The lowest BCUT2D eigenvalue weighted by atomic mass is 9.90. The summed E-state index contributed by atoms with van der Waals surface area (Å²) in [5.74, 6) is -0.243. The van der Waals surface area contributed by atoms with Gasteiger partial charge in [-0.2, -0.15) is 0 Å². The molecule has 2 rings (SSSR count). The summed E-state index contributed by atoms with van der Waals surface area (Å²) in [4.78, 5) is 14.2. The lowest BCUT2D eigenvalue weighted by molar-refractivity contribution is -0.130. The van der Waals surface area contributed by atoms with E-state index in [-0.39, 0.29) is 35.5 Å². The number of carbonyl (C=O) groups excluding carboxylic acids is 1. The van der Waals surface area contributed by atoms with Crippen molar-refractivity contribution in [2.45, 2.75) is 32.6 Å². The first kappa shape index (κ1) is 17.9. The van der Waals surface area contributed by atoms with E-state index in [1.807, 2.05) is 11.8 Å². The molecule has 0 aliphatic carbocycles. The molecule has 2 unspecified atom stereocenters. The number of halogens is 2. The summed E-state index contributed by atoms with van der Waals surface area (Å²) in [7, 11) is 0. The molecule has 0 bridgehead atoms. The standard InChI is InChI=1S/C16H23FN2O.ClH/c1-12(13-5-3-4-6-14(13)17)9-15(20)19-8-7-16(2,10-18)11-19;/h3-6,12H,7-11,18H2,1-2H3;1H. The van der Waals surface area contributed by atoms with Gasteiger partial charge < -0.3 is 10.6 Å². The molecule has 2 atom stereocenters. The molecule has 118 valence electrons. The molecule has 1 amide bonds. The Morgan fingerprint density at radius 1 is 1.48 bits per heavy atom. The van der Waals surface area contributed by atoms with Crippen LogP contribution in [0.1, 0.15) is 38.2 Å². The Morgan fingerprint density at radius 2 is 2.14 bits per heavy atom. The van der Waals surface area contributed by atoms with Gasteiger partial charge >= 0.3 is 0 Å². The minimum Gasteiger partial charge on any atom is -0.342 e. The van der Waals surface area contributed by atoms with Crippen LogP contribution in [0.15, 0.2) is 24.3 Å². The molecular formula is C16H24ClFN2O. The van der Waals surface area contributed by atoms with Crippen molar-refractivity contribution in [1.29, 1.82) is 0 Å². The highest BCUT2D eigenvalue weighted by molar-refractivity contribution is 5.85. The molecule has 0 saturated carbocycles. The van der Waals surface area contributed by atoms with Crippen LogP contribution in [-0.2, 0) is 4.79 Å². The molecule has 1 aromatic rings. The van der Waals surface area contributed by atoms with Gasteiger partial charge in [0.25, 0.3) is 0 Å². The van der Waals surface area contributed by atoms with Crippen molar-refractivity contribution in [2.75, 3.05) is 19.6 Å². The fraction of sp³-hybridized carbons (Fsp3) is 0.562. The largest absolute Gasteiger partial charge is 0.342 e. The van der Waals surface area contributed by atoms with Gasteiger partial charge in [-0.25, -0.2) is 4.39 Å². The van der Waals surface area contributed by atoms with E-state index in [1.54, 1.807) is 18.2 Å². The Morgan fingerprint density at radius 3 is 2.71 bits per heavy atom. The van der Waals surface area contributed by atoms with Crippen molar-refractivity contribution < 1.29 is 9.18 Å². The van der Waals surface area contributed by atoms with Crippen molar-refractivity contribution in [3.05, 3.63) is 35.6 Å². The fourth-order valence-corrected chi connectivity index (χ4v) is 2.78. The molecule has 2 N–H and O–H groups in total. The third-order valence-electron chi connectivity index (χ3n) is 4.32. The van der Waals surface area contributed by atoms with Crippen LogP contribution < -0.4 is 5.73 Å². The highest BCUT2D eigenvalue weighted by Crippen LogP contribution is 2.30. The zero-order valence-corrected chi connectivity index (χ0v) is 13.5. The summed E-state index contributed by atoms with van der Waals surface area (Å²) in [6, 6.07) is 6.67. The number of nitrogens with zero attached hydrogens (tertiary/aromatic N) is 1. The maximum atomic E-state index is 13.7. The van der Waals surface area contributed by atoms with Gasteiger partial charge in [0.15, 0.2) is 0 Å². The van der Waals surface area contributed by atoms with Crippen LogP contribution in [0.2, 0.25) is 0 Å². The average Bonchev–Trinajstić information content (AvgIpc) is 2.83. The number of rotatable bonds is 4. The lowest BCUT2D eigenvalue weighted by Gasteiger charge is -2.23. The van der Waals surface area contributed by atoms with Gasteiger partial charge in [0.1, 0.15) is 5.82 Å². The molecule has 3 nitrogen and oxygen atoms in total. The van der Waals surface area contributed by atoms with Crippen molar-refractivity contribution in [2.24, 2.45) is 11.1 Å². The van der Waals surface area contributed by atoms with Crippen LogP contribution in [0.3, 0.4) is 0 Å². The quantitative estimate of drug-likeness (QED) is 0.928. The highest BCUT2D eigenvalue weighted by Gasteiger charge is 2.35. The van der Waals surface area contributed by atoms with E-state index in [0.29, 0.717) is 25.1 Å². The molecule has 0 spiro atoms. The van der Waals surface area contributed by atoms with Gasteiger partial charge in [0.05, 0.1) is 0 Å². The fourth-order valence-electron chi connectivity index (χ4n) is 2.78. The third-order valence-corrected chi connectivity index (χ3v) is 4.32. The van der Waals surface area contributed by atoms with E-state index < -0.39 is 0 Å². The molecule has 1 fully saturated rings. The first-order valence-electron chi connectivity index (χ1n) is 7.17. The Balaban J connectivity index is 0.00000220. The van der Waals surface area contributed by atoms with Crippen LogP contribution >= 0.6 is 12.4 Å². The Hall–Kier alpha value is -1.13. The summed E-state index contributed by atoms with van der Waals surface area (Å²) in [6.07, 6.45) is 1.30. The van der Waals surface area contributed by atoms with E-state index in [1.165, 1.54) is 6.07 Å². The third kappa shape index (κ3) is 4.17. The molecule has 1 aromatic carbocycles. The van der Waals surface area contributed by atoms with Crippen LogP contribution in [0.25, 0.3) is 0 Å². The zero-order chi connectivity index (χ0) is 14.8. The second kappa shape index (κ2) is 7.23. The van der Waals surface area contributed by atoms with Crippen molar-refractivity contribution >= 4 is 18.3 Å². The van der Waals surface area contributed by atoms with E-state index in [9.17, 15) is 9.18 Å².